The molecule has 0 radical (unpaired) electrons. The number of carbonyl (C=O) groups is 1. The highest BCUT2D eigenvalue weighted by molar-refractivity contribution is 7.87. The highest BCUT2D eigenvalue weighted by atomic mass is 35.5. The van der Waals surface area contributed by atoms with Gasteiger partial charge in [0.2, 0.25) is 11.7 Å². The fourth-order valence-corrected chi connectivity index (χ4v) is 3.94. The number of hydrogen-bond acceptors (Lipinski definition) is 5. The predicted molar refractivity (Wildman–Crippen MR) is 116 cm³/mol. The van der Waals surface area contributed by atoms with Gasteiger partial charge in [-0.25, -0.2) is 4.68 Å². The molecule has 0 bridgehead atoms. The molecule has 2 rings (SSSR count). The molecule has 0 unspecified atom stereocenters. The normalized spacial score (nSPS) is 11.4. The largest absolute Gasteiger partial charge is 0.361 e. The summed E-state index contributed by atoms with van der Waals surface area (Å²) in [7, 11) is -3.82. The third-order valence-corrected chi connectivity index (χ3v) is 6.38. The van der Waals surface area contributed by atoms with Gasteiger partial charge in [-0.2, -0.15) is 13.5 Å². The third kappa shape index (κ3) is 4.56. The van der Waals surface area contributed by atoms with Gasteiger partial charge in [0.05, 0.1) is 11.4 Å². The molecule has 0 fully saturated rings. The molecular formula is C21H27ClN2O4S. The molecule has 8 heteroatoms. The number of benzene rings is 1. The first-order valence-electron chi connectivity index (χ1n) is 9.42. The summed E-state index contributed by atoms with van der Waals surface area (Å²) in [5, 5.41) is 4.86. The number of allylic oxidation sites excluding steroid dienone is 2. The number of aryl methyl sites for hydroxylation is 2. The SMILES string of the molecule is CCn1nc(C)c(C(=O)c2ccc(Cl)c(C(C)=C(C)C)c2C)c1OS(=O)(=O)CC. The lowest BCUT2D eigenvalue weighted by Gasteiger charge is -2.15. The molecule has 1 aromatic carbocycles. The van der Waals surface area contributed by atoms with Crippen molar-refractivity contribution in [3.05, 3.63) is 50.7 Å². The van der Waals surface area contributed by atoms with Crippen LogP contribution < -0.4 is 4.18 Å². The van der Waals surface area contributed by atoms with Gasteiger partial charge >= 0.3 is 10.1 Å². The van der Waals surface area contributed by atoms with E-state index in [9.17, 15) is 13.2 Å². The van der Waals surface area contributed by atoms with E-state index >= 15 is 0 Å². The molecule has 0 amide bonds. The highest BCUT2D eigenvalue weighted by Gasteiger charge is 2.28. The van der Waals surface area contributed by atoms with Crippen molar-refractivity contribution < 1.29 is 17.4 Å². The quantitative estimate of drug-likeness (QED) is 0.451. The Morgan fingerprint density at radius 3 is 2.28 bits per heavy atom. The topological polar surface area (TPSA) is 78.3 Å². The van der Waals surface area contributed by atoms with E-state index in [4.69, 9.17) is 15.8 Å². The van der Waals surface area contributed by atoms with Crippen LogP contribution in [0.5, 0.6) is 5.88 Å². The van der Waals surface area contributed by atoms with Gasteiger partial charge in [-0.3, -0.25) is 4.79 Å². The fourth-order valence-electron chi connectivity index (χ4n) is 3.07. The summed E-state index contributed by atoms with van der Waals surface area (Å²) in [4.78, 5) is 13.5. The van der Waals surface area contributed by atoms with Crippen LogP contribution in [0.3, 0.4) is 0 Å². The van der Waals surface area contributed by atoms with Crippen LogP contribution in [-0.2, 0) is 16.7 Å². The van der Waals surface area contributed by atoms with E-state index in [0.29, 0.717) is 22.8 Å². The lowest BCUT2D eigenvalue weighted by molar-refractivity contribution is 0.103. The number of hydrogen-bond donors (Lipinski definition) is 0. The molecule has 0 aliphatic heterocycles. The molecule has 0 spiro atoms. The molecule has 0 saturated heterocycles. The zero-order valence-electron chi connectivity index (χ0n) is 17.9. The van der Waals surface area contributed by atoms with Gasteiger partial charge in [-0.05, 0) is 77.3 Å². The second-order valence-corrected chi connectivity index (χ2v) is 9.33. The molecule has 158 valence electrons. The van der Waals surface area contributed by atoms with Crippen molar-refractivity contribution in [3.8, 4) is 5.88 Å². The van der Waals surface area contributed by atoms with Crippen LogP contribution in [0.1, 0.15) is 67.4 Å². The van der Waals surface area contributed by atoms with E-state index in [1.165, 1.54) is 11.6 Å². The summed E-state index contributed by atoms with van der Waals surface area (Å²) in [5.41, 5.74) is 4.61. The lowest BCUT2D eigenvalue weighted by Crippen LogP contribution is -2.17. The minimum atomic E-state index is -3.82. The average Bonchev–Trinajstić information content (AvgIpc) is 2.95. The molecule has 0 atom stereocenters. The fraction of sp³-hybridized carbons (Fsp3) is 0.429. The van der Waals surface area contributed by atoms with Crippen molar-refractivity contribution in [2.45, 2.75) is 55.0 Å². The van der Waals surface area contributed by atoms with E-state index in [1.54, 1.807) is 26.0 Å². The first-order valence-corrected chi connectivity index (χ1v) is 11.4. The minimum Gasteiger partial charge on any atom is -0.361 e. The number of rotatable bonds is 7. The number of aromatic nitrogens is 2. The average molecular weight is 439 g/mol. The van der Waals surface area contributed by atoms with Crippen LogP contribution >= 0.6 is 11.6 Å². The Morgan fingerprint density at radius 1 is 1.14 bits per heavy atom. The van der Waals surface area contributed by atoms with Crippen LogP contribution in [0.4, 0.5) is 0 Å². The first-order chi connectivity index (χ1) is 13.4. The Morgan fingerprint density at radius 2 is 1.76 bits per heavy atom. The molecule has 1 aromatic heterocycles. The monoisotopic (exact) mass is 438 g/mol. The van der Waals surface area contributed by atoms with Crippen molar-refractivity contribution in [2.24, 2.45) is 0 Å². The summed E-state index contributed by atoms with van der Waals surface area (Å²) >= 11 is 6.42. The van der Waals surface area contributed by atoms with Gasteiger partial charge in [0.25, 0.3) is 0 Å². The summed E-state index contributed by atoms with van der Waals surface area (Å²) in [6.07, 6.45) is 0. The molecule has 29 heavy (non-hydrogen) atoms. The summed E-state index contributed by atoms with van der Waals surface area (Å²) in [6, 6.07) is 3.34. The molecule has 0 N–H and O–H groups in total. The van der Waals surface area contributed by atoms with E-state index < -0.39 is 10.1 Å². The minimum absolute atomic E-state index is 0.0494. The number of halogens is 1. The molecule has 1 heterocycles. The molecule has 0 aliphatic carbocycles. The zero-order valence-corrected chi connectivity index (χ0v) is 19.5. The Kier molecular flexibility index (Phi) is 6.96. The van der Waals surface area contributed by atoms with Gasteiger partial charge in [0, 0.05) is 17.1 Å². The van der Waals surface area contributed by atoms with Crippen molar-refractivity contribution in [1.82, 2.24) is 9.78 Å². The number of ketones is 1. The summed E-state index contributed by atoms with van der Waals surface area (Å²) in [5.74, 6) is -0.606. The maximum Gasteiger partial charge on any atom is 0.310 e. The van der Waals surface area contributed by atoms with Gasteiger partial charge in [0.15, 0.2) is 0 Å². The van der Waals surface area contributed by atoms with Crippen LogP contribution in [0.15, 0.2) is 17.7 Å². The van der Waals surface area contributed by atoms with Gasteiger partial charge < -0.3 is 4.18 Å². The highest BCUT2D eigenvalue weighted by Crippen LogP contribution is 2.34. The second kappa shape index (κ2) is 8.71. The zero-order chi connectivity index (χ0) is 22.1. The lowest BCUT2D eigenvalue weighted by atomic mass is 9.91. The van der Waals surface area contributed by atoms with Gasteiger partial charge in [-0.1, -0.05) is 17.2 Å². The van der Waals surface area contributed by atoms with E-state index in [-0.39, 0.29) is 23.0 Å². The molecule has 6 nitrogen and oxygen atoms in total. The van der Waals surface area contributed by atoms with Crippen LogP contribution in [-0.4, -0.2) is 29.7 Å². The van der Waals surface area contributed by atoms with Crippen LogP contribution in [0.25, 0.3) is 5.57 Å². The Labute approximate surface area is 177 Å². The number of nitrogens with zero attached hydrogens (tertiary/aromatic N) is 2. The van der Waals surface area contributed by atoms with Crippen molar-refractivity contribution in [3.63, 3.8) is 0 Å². The molecule has 0 aliphatic rings. The van der Waals surface area contributed by atoms with E-state index in [0.717, 1.165) is 22.3 Å². The maximum atomic E-state index is 13.5. The van der Waals surface area contributed by atoms with E-state index in [2.05, 4.69) is 5.10 Å². The van der Waals surface area contributed by atoms with Crippen molar-refractivity contribution >= 4 is 33.1 Å². The second-order valence-electron chi connectivity index (χ2n) is 7.06. The standard InChI is InChI=1S/C21H27ClN2O4S/c1-8-24-21(28-29(26,27)9-2)19(15(7)23-24)20(25)16-10-11-17(22)18(14(16)6)13(5)12(3)4/h10-11H,8-9H2,1-7H3. The van der Waals surface area contributed by atoms with Gasteiger partial charge in [-0.15, -0.1) is 0 Å². The smallest absolute Gasteiger partial charge is 0.310 e. The number of carbonyl (C=O) groups excluding carboxylic acids is 1. The van der Waals surface area contributed by atoms with Crippen molar-refractivity contribution in [2.75, 3.05) is 5.75 Å². The third-order valence-electron chi connectivity index (χ3n) is 4.95. The molecular weight excluding hydrogens is 412 g/mol. The first kappa shape index (κ1) is 23.2. The Hall–Kier alpha value is -2.12. The van der Waals surface area contributed by atoms with E-state index in [1.807, 2.05) is 27.7 Å². The summed E-state index contributed by atoms with van der Waals surface area (Å²) < 4.78 is 30.8. The Balaban J connectivity index is 2.73. The molecule has 2 aromatic rings. The summed E-state index contributed by atoms with van der Waals surface area (Å²) in [6.45, 7) is 13.1. The maximum absolute atomic E-state index is 13.5. The molecule has 0 saturated carbocycles. The van der Waals surface area contributed by atoms with Gasteiger partial charge in [0.1, 0.15) is 5.56 Å². The predicted octanol–water partition coefficient (Wildman–Crippen LogP) is 4.95. The van der Waals surface area contributed by atoms with Crippen LogP contribution in [0.2, 0.25) is 5.02 Å². The van der Waals surface area contributed by atoms with Crippen molar-refractivity contribution in [1.29, 1.82) is 0 Å². The van der Waals surface area contributed by atoms with Crippen LogP contribution in [0, 0.1) is 13.8 Å². The Bertz CT molecular complexity index is 1090.